The lowest BCUT2D eigenvalue weighted by molar-refractivity contribution is -0.122. The third kappa shape index (κ3) is 6.21. The summed E-state index contributed by atoms with van der Waals surface area (Å²) in [6, 6.07) is 21.0. The number of amides is 1. The first-order chi connectivity index (χ1) is 20.6. The van der Waals surface area contributed by atoms with E-state index in [2.05, 4.69) is 5.32 Å². The molecule has 43 heavy (non-hydrogen) atoms. The molecule has 0 fully saturated rings. The number of esters is 1. The topological polar surface area (TPSA) is 102 Å². The predicted molar refractivity (Wildman–Crippen MR) is 161 cm³/mol. The van der Waals surface area contributed by atoms with Crippen molar-refractivity contribution in [3.63, 3.8) is 0 Å². The number of benzene rings is 4. The van der Waals surface area contributed by atoms with Crippen LogP contribution in [0.25, 0.3) is 11.1 Å². The zero-order valence-electron chi connectivity index (χ0n) is 23.3. The van der Waals surface area contributed by atoms with Crippen LogP contribution in [0.5, 0.6) is 5.75 Å². The Morgan fingerprint density at radius 2 is 1.77 bits per heavy atom. The minimum atomic E-state index is -4.14. The summed E-state index contributed by atoms with van der Waals surface area (Å²) in [4.78, 5) is 25.1. The molecule has 0 unspecified atom stereocenters. The largest absolute Gasteiger partial charge is 0.491 e. The summed E-state index contributed by atoms with van der Waals surface area (Å²) in [5.41, 5.74) is 3.48. The van der Waals surface area contributed by atoms with Crippen LogP contribution in [0.4, 0.5) is 10.1 Å². The van der Waals surface area contributed by atoms with Gasteiger partial charge in [-0.05, 0) is 78.2 Å². The van der Waals surface area contributed by atoms with Crippen LogP contribution in [0.15, 0.2) is 89.8 Å². The van der Waals surface area contributed by atoms with Crippen molar-refractivity contribution in [2.24, 2.45) is 0 Å². The average molecular weight is 623 g/mol. The SMILES string of the molecule is COC(=O)c1ccc(OCCNC(=O)[C@@H]2Cc3ccccc3N2S(=O)(=O)c2ccc(-c3ccc(F)cc3Cl)cc2)c(C)c1. The summed E-state index contributed by atoms with van der Waals surface area (Å²) in [5.74, 6) is -0.839. The number of fused-ring (bicyclic) bond motifs is 1. The van der Waals surface area contributed by atoms with Crippen molar-refractivity contribution >= 4 is 39.2 Å². The molecule has 1 aliphatic heterocycles. The van der Waals surface area contributed by atoms with Gasteiger partial charge in [0.05, 0.1) is 34.8 Å². The number of nitrogens with zero attached hydrogens (tertiary/aromatic N) is 1. The van der Waals surface area contributed by atoms with Crippen molar-refractivity contribution in [2.45, 2.75) is 24.3 Å². The number of carbonyl (C=O) groups excluding carboxylic acids is 2. The molecule has 1 atom stereocenters. The van der Waals surface area contributed by atoms with Crippen LogP contribution >= 0.6 is 11.6 Å². The molecule has 222 valence electrons. The molecule has 5 rings (SSSR count). The first kappa shape index (κ1) is 30.1. The van der Waals surface area contributed by atoms with E-state index < -0.39 is 33.8 Å². The zero-order chi connectivity index (χ0) is 30.7. The Kier molecular flexibility index (Phi) is 8.70. The van der Waals surface area contributed by atoms with E-state index in [1.807, 2.05) is 0 Å². The van der Waals surface area contributed by atoms with Crippen LogP contribution in [0.1, 0.15) is 21.5 Å². The summed E-state index contributed by atoms with van der Waals surface area (Å²) < 4.78 is 53.0. The number of sulfonamides is 1. The van der Waals surface area contributed by atoms with Gasteiger partial charge in [-0.3, -0.25) is 9.10 Å². The molecule has 1 amide bonds. The smallest absolute Gasteiger partial charge is 0.337 e. The molecule has 1 heterocycles. The second-order valence-electron chi connectivity index (χ2n) is 9.91. The van der Waals surface area contributed by atoms with Crippen molar-refractivity contribution in [1.29, 1.82) is 0 Å². The van der Waals surface area contributed by atoms with Crippen LogP contribution in [0, 0.1) is 12.7 Å². The Labute approximate surface area is 254 Å². The lowest BCUT2D eigenvalue weighted by Gasteiger charge is -2.26. The summed E-state index contributed by atoms with van der Waals surface area (Å²) in [6.45, 7) is 2.05. The molecule has 4 aromatic rings. The molecule has 0 bridgehead atoms. The molecule has 1 N–H and O–H groups in total. The number of hydrogen-bond acceptors (Lipinski definition) is 6. The molecular weight excluding hydrogens is 595 g/mol. The fourth-order valence-corrected chi connectivity index (χ4v) is 6.93. The van der Waals surface area contributed by atoms with E-state index in [9.17, 15) is 22.4 Å². The minimum absolute atomic E-state index is 0.00167. The summed E-state index contributed by atoms with van der Waals surface area (Å²) >= 11 is 6.19. The molecule has 8 nitrogen and oxygen atoms in total. The summed E-state index contributed by atoms with van der Waals surface area (Å²) in [7, 11) is -2.84. The molecule has 4 aromatic carbocycles. The first-order valence-corrected chi connectivity index (χ1v) is 15.2. The number of halogens is 2. The van der Waals surface area contributed by atoms with Crippen LogP contribution in [-0.2, 0) is 26.0 Å². The highest BCUT2D eigenvalue weighted by molar-refractivity contribution is 7.93. The van der Waals surface area contributed by atoms with Gasteiger partial charge in [0.15, 0.2) is 0 Å². The number of ether oxygens (including phenoxy) is 2. The molecule has 0 aliphatic carbocycles. The Morgan fingerprint density at radius 3 is 2.47 bits per heavy atom. The Bertz CT molecular complexity index is 1800. The van der Waals surface area contributed by atoms with Crippen molar-refractivity contribution in [2.75, 3.05) is 24.6 Å². The van der Waals surface area contributed by atoms with Gasteiger partial charge in [0.1, 0.15) is 24.2 Å². The summed E-state index contributed by atoms with van der Waals surface area (Å²) in [5, 5.41) is 3.00. The molecule has 0 saturated heterocycles. The van der Waals surface area contributed by atoms with E-state index in [0.29, 0.717) is 28.1 Å². The van der Waals surface area contributed by atoms with E-state index in [1.54, 1.807) is 61.5 Å². The van der Waals surface area contributed by atoms with Gasteiger partial charge in [0, 0.05) is 12.0 Å². The second-order valence-corrected chi connectivity index (χ2v) is 12.1. The minimum Gasteiger partial charge on any atom is -0.491 e. The van der Waals surface area contributed by atoms with Crippen LogP contribution in [0.2, 0.25) is 5.02 Å². The Balaban J connectivity index is 1.31. The van der Waals surface area contributed by atoms with Gasteiger partial charge >= 0.3 is 5.97 Å². The highest BCUT2D eigenvalue weighted by Crippen LogP contribution is 2.37. The second kappa shape index (κ2) is 12.4. The van der Waals surface area contributed by atoms with E-state index in [0.717, 1.165) is 15.4 Å². The number of nitrogens with one attached hydrogen (secondary N) is 1. The number of methoxy groups -OCH3 is 1. The van der Waals surface area contributed by atoms with Crippen molar-refractivity contribution in [1.82, 2.24) is 5.32 Å². The number of aryl methyl sites for hydroxylation is 1. The molecule has 0 spiro atoms. The number of rotatable bonds is 9. The third-order valence-electron chi connectivity index (χ3n) is 7.14. The molecule has 0 aromatic heterocycles. The molecule has 11 heteroatoms. The number of para-hydroxylation sites is 1. The average Bonchev–Trinajstić information content (AvgIpc) is 3.40. The van der Waals surface area contributed by atoms with Crippen molar-refractivity contribution in [3.05, 3.63) is 112 Å². The maximum absolute atomic E-state index is 13.9. The fraction of sp³-hybridized carbons (Fsp3) is 0.188. The maximum Gasteiger partial charge on any atom is 0.337 e. The van der Waals surface area contributed by atoms with Crippen LogP contribution in [0.3, 0.4) is 0 Å². The van der Waals surface area contributed by atoms with Crippen molar-refractivity contribution in [3.8, 4) is 16.9 Å². The van der Waals surface area contributed by atoms with E-state index in [4.69, 9.17) is 21.1 Å². The van der Waals surface area contributed by atoms with Gasteiger partial charge in [-0.1, -0.05) is 41.9 Å². The van der Waals surface area contributed by atoms with Crippen LogP contribution < -0.4 is 14.4 Å². The predicted octanol–water partition coefficient (Wildman–Crippen LogP) is 5.56. The Morgan fingerprint density at radius 1 is 1.02 bits per heavy atom. The Hall–Kier alpha value is -4.41. The molecule has 1 aliphatic rings. The maximum atomic E-state index is 13.9. The van der Waals surface area contributed by atoms with Gasteiger partial charge in [-0.25, -0.2) is 17.6 Å². The van der Waals surface area contributed by atoms with Gasteiger partial charge in [0.25, 0.3) is 10.0 Å². The van der Waals surface area contributed by atoms with E-state index in [1.165, 1.54) is 37.4 Å². The van der Waals surface area contributed by atoms with Gasteiger partial charge in [0.2, 0.25) is 5.91 Å². The normalized spacial score (nSPS) is 14.2. The lowest BCUT2D eigenvalue weighted by atomic mass is 10.1. The van der Waals surface area contributed by atoms with Gasteiger partial charge in [-0.2, -0.15) is 0 Å². The van der Waals surface area contributed by atoms with Crippen LogP contribution in [-0.4, -0.2) is 46.6 Å². The number of hydrogen-bond donors (Lipinski definition) is 1. The zero-order valence-corrected chi connectivity index (χ0v) is 24.9. The van der Waals surface area contributed by atoms with Gasteiger partial charge in [-0.15, -0.1) is 0 Å². The van der Waals surface area contributed by atoms with E-state index in [-0.39, 0.29) is 29.5 Å². The lowest BCUT2D eigenvalue weighted by Crippen LogP contribution is -2.48. The quantitative estimate of drug-likeness (QED) is 0.194. The molecule has 0 saturated carbocycles. The monoisotopic (exact) mass is 622 g/mol. The van der Waals surface area contributed by atoms with Crippen molar-refractivity contribution < 1.29 is 31.9 Å². The first-order valence-electron chi connectivity index (χ1n) is 13.4. The summed E-state index contributed by atoms with van der Waals surface area (Å²) in [6.07, 6.45) is 0.208. The van der Waals surface area contributed by atoms with E-state index >= 15 is 0 Å². The highest BCUT2D eigenvalue weighted by atomic mass is 35.5. The standard InChI is InChI=1S/C32H28ClFN2O6S/c1-20-17-23(32(38)41-2)9-14-30(20)42-16-15-35-31(37)29-18-22-5-3-4-6-28(22)36(29)43(39,40)25-11-7-21(8-12-25)26-13-10-24(34)19-27(26)33/h3-14,17,19,29H,15-16,18H2,1-2H3,(H,35,37)/t29-/m0/s1. The number of carbonyl (C=O) groups is 2. The fourth-order valence-electron chi connectivity index (χ4n) is 5.01. The molecule has 0 radical (unpaired) electrons. The molecular formula is C32H28ClFN2O6S. The number of anilines is 1. The third-order valence-corrected chi connectivity index (χ3v) is 9.29. The highest BCUT2D eigenvalue weighted by Gasteiger charge is 2.42. The van der Waals surface area contributed by atoms with Gasteiger partial charge < -0.3 is 14.8 Å².